The zero-order valence-electron chi connectivity index (χ0n) is 21.4. The maximum absolute atomic E-state index is 13.5. The molecule has 3 rings (SSSR count). The van der Waals surface area contributed by atoms with Gasteiger partial charge in [-0.2, -0.15) is 0 Å². The number of benzene rings is 1. The maximum atomic E-state index is 13.5. The van der Waals surface area contributed by atoms with Gasteiger partial charge in [0, 0.05) is 19.1 Å². The molecule has 1 fully saturated rings. The van der Waals surface area contributed by atoms with E-state index in [0.717, 1.165) is 55.4 Å². The first-order valence-corrected chi connectivity index (χ1v) is 12.6. The number of nitrogens with zero attached hydrogens (tertiary/aromatic N) is 3. The monoisotopic (exact) mass is 485 g/mol. The second-order valence-corrected chi connectivity index (χ2v) is 9.61. The number of aromatic amines is 1. The number of amides is 1. The molecular weight excluding hydrogens is 446 g/mol. The van der Waals surface area contributed by atoms with Crippen molar-refractivity contribution in [3.63, 3.8) is 0 Å². The van der Waals surface area contributed by atoms with Gasteiger partial charge >= 0.3 is 5.69 Å². The summed E-state index contributed by atoms with van der Waals surface area (Å²) in [6.07, 6.45) is 5.20. The fourth-order valence-corrected chi connectivity index (χ4v) is 4.74. The third-order valence-corrected chi connectivity index (χ3v) is 6.49. The van der Waals surface area contributed by atoms with Gasteiger partial charge in [-0.05, 0) is 63.4 Å². The predicted molar refractivity (Wildman–Crippen MR) is 139 cm³/mol. The lowest BCUT2D eigenvalue weighted by atomic mass is 10.1. The number of anilines is 2. The molecule has 9 nitrogen and oxygen atoms in total. The highest BCUT2D eigenvalue weighted by atomic mass is 16.5. The zero-order valence-corrected chi connectivity index (χ0v) is 21.4. The van der Waals surface area contributed by atoms with Crippen LogP contribution in [0.1, 0.15) is 56.6 Å². The van der Waals surface area contributed by atoms with Gasteiger partial charge in [0.2, 0.25) is 5.91 Å². The first kappa shape index (κ1) is 26.5. The molecular formula is C26H39N5O4. The molecule has 1 saturated carbocycles. The van der Waals surface area contributed by atoms with E-state index in [1.165, 1.54) is 4.57 Å². The van der Waals surface area contributed by atoms with Crippen molar-refractivity contribution in [3.8, 4) is 5.75 Å². The summed E-state index contributed by atoms with van der Waals surface area (Å²) in [5.74, 6) is 0.667. The summed E-state index contributed by atoms with van der Waals surface area (Å²) in [6, 6.07) is 5.96. The number of H-pyrrole nitrogens is 1. The minimum atomic E-state index is -0.610. The molecule has 1 heterocycles. The number of nitrogen functional groups attached to an aromatic ring is 1. The van der Waals surface area contributed by atoms with E-state index in [1.807, 2.05) is 44.9 Å². The molecule has 1 aliphatic rings. The van der Waals surface area contributed by atoms with Crippen molar-refractivity contribution in [2.24, 2.45) is 0 Å². The van der Waals surface area contributed by atoms with Gasteiger partial charge < -0.3 is 15.4 Å². The molecule has 1 aromatic heterocycles. The van der Waals surface area contributed by atoms with Gasteiger partial charge in [-0.1, -0.05) is 32.3 Å². The van der Waals surface area contributed by atoms with Gasteiger partial charge in [-0.25, -0.2) is 4.79 Å². The minimum absolute atomic E-state index is 0.0632. The summed E-state index contributed by atoms with van der Waals surface area (Å²) >= 11 is 0. The third kappa shape index (κ3) is 6.75. The van der Waals surface area contributed by atoms with E-state index in [0.29, 0.717) is 19.7 Å². The second kappa shape index (κ2) is 12.1. The largest absolute Gasteiger partial charge is 0.492 e. The lowest BCUT2D eigenvalue weighted by Gasteiger charge is -2.31. The highest BCUT2D eigenvalue weighted by Crippen LogP contribution is 2.29. The van der Waals surface area contributed by atoms with Crippen LogP contribution < -0.4 is 26.6 Å². The summed E-state index contributed by atoms with van der Waals surface area (Å²) in [5.41, 5.74) is 7.57. The van der Waals surface area contributed by atoms with E-state index in [1.54, 1.807) is 4.90 Å². The van der Waals surface area contributed by atoms with Crippen LogP contribution in [0.5, 0.6) is 5.75 Å². The molecule has 1 aromatic carbocycles. The summed E-state index contributed by atoms with van der Waals surface area (Å²) in [7, 11) is 1.85. The molecule has 0 bridgehead atoms. The highest BCUT2D eigenvalue weighted by molar-refractivity contribution is 5.97. The molecule has 0 atom stereocenters. The van der Waals surface area contributed by atoms with E-state index in [-0.39, 0.29) is 30.0 Å². The van der Waals surface area contributed by atoms with Crippen LogP contribution in [0.3, 0.4) is 0 Å². The summed E-state index contributed by atoms with van der Waals surface area (Å²) in [4.78, 5) is 44.6. The summed E-state index contributed by atoms with van der Waals surface area (Å²) in [5, 5.41) is 0. The predicted octanol–water partition coefficient (Wildman–Crippen LogP) is 2.82. The van der Waals surface area contributed by atoms with E-state index in [4.69, 9.17) is 10.5 Å². The van der Waals surface area contributed by atoms with E-state index in [2.05, 4.69) is 11.1 Å². The van der Waals surface area contributed by atoms with Crippen LogP contribution in [0.2, 0.25) is 0 Å². The van der Waals surface area contributed by atoms with Gasteiger partial charge in [-0.15, -0.1) is 0 Å². The molecule has 1 amide bonds. The Bertz CT molecular complexity index is 1110. The molecule has 35 heavy (non-hydrogen) atoms. The van der Waals surface area contributed by atoms with Gasteiger partial charge in [0.05, 0.1) is 6.54 Å². The summed E-state index contributed by atoms with van der Waals surface area (Å²) in [6.45, 7) is 7.55. The quantitative estimate of drug-likeness (QED) is 0.506. The fourth-order valence-electron chi connectivity index (χ4n) is 4.74. The average molecular weight is 486 g/mol. The molecule has 192 valence electrons. The van der Waals surface area contributed by atoms with Crippen LogP contribution in [0, 0.1) is 13.8 Å². The van der Waals surface area contributed by atoms with Crippen molar-refractivity contribution < 1.29 is 9.53 Å². The number of carbonyl (C=O) groups excluding carboxylic acids is 1. The number of aryl methyl sites for hydroxylation is 2. The molecule has 0 saturated heterocycles. The van der Waals surface area contributed by atoms with Gasteiger partial charge in [0.1, 0.15) is 18.2 Å². The highest BCUT2D eigenvalue weighted by Gasteiger charge is 2.32. The molecule has 1 aliphatic carbocycles. The molecule has 3 N–H and O–H groups in total. The van der Waals surface area contributed by atoms with Crippen molar-refractivity contribution in [1.29, 1.82) is 0 Å². The van der Waals surface area contributed by atoms with Crippen molar-refractivity contribution in [2.75, 3.05) is 37.4 Å². The number of aromatic nitrogens is 2. The molecule has 9 heteroatoms. The number of nitrogens with one attached hydrogen (secondary N) is 1. The normalized spacial score (nSPS) is 14.0. The molecule has 0 radical (unpaired) electrons. The van der Waals surface area contributed by atoms with Crippen molar-refractivity contribution in [1.82, 2.24) is 14.5 Å². The molecule has 0 aliphatic heterocycles. The third-order valence-electron chi connectivity index (χ3n) is 6.49. The van der Waals surface area contributed by atoms with Crippen LogP contribution in [0.15, 0.2) is 27.8 Å². The number of hydrogen-bond donors (Lipinski definition) is 2. The molecule has 2 aromatic rings. The maximum Gasteiger partial charge on any atom is 0.330 e. The first-order chi connectivity index (χ1) is 16.7. The first-order valence-electron chi connectivity index (χ1n) is 12.6. The number of likely N-dealkylation sites (N-methyl/N-ethyl adjacent to an activating group) is 1. The van der Waals surface area contributed by atoms with Crippen molar-refractivity contribution in [2.45, 2.75) is 71.9 Å². The standard InChI is InChI=1S/C26H39N5O4/c1-5-6-11-30-24(27)23(25(33)28-26(30)34)31(20-9-7-8-10-20)22(32)17-29(4)12-13-35-21-15-18(2)14-19(3)16-21/h14-16,20H,5-13,17,27H2,1-4H3,(H,28,33,34). The smallest absolute Gasteiger partial charge is 0.330 e. The number of unbranched alkanes of at least 4 members (excludes halogenated alkanes) is 1. The van der Waals surface area contributed by atoms with E-state index < -0.39 is 11.2 Å². The Morgan fingerprint density at radius 1 is 1.17 bits per heavy atom. The van der Waals surface area contributed by atoms with Crippen molar-refractivity contribution in [3.05, 3.63) is 50.2 Å². The Morgan fingerprint density at radius 3 is 2.46 bits per heavy atom. The van der Waals surface area contributed by atoms with Gasteiger partial charge in [-0.3, -0.25) is 24.0 Å². The average Bonchev–Trinajstić information content (AvgIpc) is 3.30. The van der Waals surface area contributed by atoms with Gasteiger partial charge in [0.25, 0.3) is 5.56 Å². The van der Waals surface area contributed by atoms with Crippen LogP contribution in [-0.2, 0) is 11.3 Å². The van der Waals surface area contributed by atoms with E-state index in [9.17, 15) is 14.4 Å². The van der Waals surface area contributed by atoms with Crippen LogP contribution >= 0.6 is 0 Å². The lowest BCUT2D eigenvalue weighted by Crippen LogP contribution is -2.49. The number of ether oxygens (including phenoxy) is 1. The Hall–Kier alpha value is -3.07. The zero-order chi connectivity index (χ0) is 25.5. The van der Waals surface area contributed by atoms with Gasteiger partial charge in [0.15, 0.2) is 5.69 Å². The topological polar surface area (TPSA) is 114 Å². The van der Waals surface area contributed by atoms with Crippen LogP contribution in [0.25, 0.3) is 0 Å². The van der Waals surface area contributed by atoms with Crippen LogP contribution in [-0.4, -0.2) is 53.1 Å². The van der Waals surface area contributed by atoms with Crippen molar-refractivity contribution >= 4 is 17.4 Å². The number of carbonyl (C=O) groups is 1. The Morgan fingerprint density at radius 2 is 1.83 bits per heavy atom. The lowest BCUT2D eigenvalue weighted by molar-refractivity contribution is -0.120. The minimum Gasteiger partial charge on any atom is -0.492 e. The Labute approximate surface area is 206 Å². The second-order valence-electron chi connectivity index (χ2n) is 9.61. The van der Waals surface area contributed by atoms with E-state index >= 15 is 0 Å². The number of nitrogens with two attached hydrogens (primary N) is 1. The Balaban J connectivity index is 1.76. The fraction of sp³-hybridized carbons (Fsp3) is 0.577. The number of rotatable bonds is 11. The molecule has 0 unspecified atom stereocenters. The Kier molecular flexibility index (Phi) is 9.14. The van der Waals surface area contributed by atoms with Crippen LogP contribution in [0.4, 0.5) is 11.5 Å². The SMILES string of the molecule is CCCCn1c(N)c(N(C(=O)CN(C)CCOc2cc(C)cc(C)c2)C2CCCC2)c(=O)[nH]c1=O. The molecule has 0 spiro atoms. The number of hydrogen-bond acceptors (Lipinski definition) is 6. The summed E-state index contributed by atoms with van der Waals surface area (Å²) < 4.78 is 7.26.